The van der Waals surface area contributed by atoms with Gasteiger partial charge in [-0.25, -0.2) is 4.79 Å². The Balaban J connectivity index is 1.91. The summed E-state index contributed by atoms with van der Waals surface area (Å²) in [5.41, 5.74) is 3.98. The Morgan fingerprint density at radius 3 is 2.07 bits per heavy atom. The third-order valence-corrected chi connectivity index (χ3v) is 4.83. The highest BCUT2D eigenvalue weighted by Gasteiger charge is 2.34. The van der Waals surface area contributed by atoms with Gasteiger partial charge < -0.3 is 14.6 Å². The summed E-state index contributed by atoms with van der Waals surface area (Å²) in [5, 5.41) is 9.77. The SMILES string of the molecule is CC(C)(C)OC[C@@H](C=O)N(CC1c2ccccc2-c2ccccc21)C(=O)O. The molecule has 2 aromatic carbocycles. The van der Waals surface area contributed by atoms with Crippen molar-refractivity contribution in [3.63, 3.8) is 0 Å². The highest BCUT2D eigenvalue weighted by Crippen LogP contribution is 2.44. The summed E-state index contributed by atoms with van der Waals surface area (Å²) in [5.74, 6) is -0.106. The Bertz CT molecular complexity index is 795. The van der Waals surface area contributed by atoms with E-state index in [0.29, 0.717) is 6.29 Å². The van der Waals surface area contributed by atoms with Crippen molar-refractivity contribution in [2.24, 2.45) is 0 Å². The molecule has 0 radical (unpaired) electrons. The average molecular weight is 367 g/mol. The van der Waals surface area contributed by atoms with Gasteiger partial charge in [0.15, 0.2) is 0 Å². The van der Waals surface area contributed by atoms with Gasteiger partial charge in [-0.1, -0.05) is 48.5 Å². The predicted octanol–water partition coefficient (Wildman–Crippen LogP) is 4.16. The molecule has 0 fully saturated rings. The number of carbonyl (C=O) groups excluding carboxylic acids is 1. The molecule has 1 amide bonds. The second kappa shape index (κ2) is 7.53. The van der Waals surface area contributed by atoms with Crippen LogP contribution in [0.1, 0.15) is 37.8 Å². The maximum atomic E-state index is 11.9. The average Bonchev–Trinajstić information content (AvgIpc) is 2.94. The first-order valence-electron chi connectivity index (χ1n) is 9.09. The lowest BCUT2D eigenvalue weighted by molar-refractivity contribution is -0.116. The molecule has 3 rings (SSSR count). The van der Waals surface area contributed by atoms with Crippen LogP contribution in [0.2, 0.25) is 0 Å². The molecule has 0 aromatic heterocycles. The normalized spacial score (nSPS) is 14.3. The zero-order valence-electron chi connectivity index (χ0n) is 15.9. The number of hydrogen-bond acceptors (Lipinski definition) is 3. The molecule has 1 N–H and O–H groups in total. The topological polar surface area (TPSA) is 66.8 Å². The molecule has 27 heavy (non-hydrogen) atoms. The molecule has 1 aliphatic rings. The quantitative estimate of drug-likeness (QED) is 0.779. The zero-order chi connectivity index (χ0) is 19.6. The van der Waals surface area contributed by atoms with Crippen LogP contribution in [-0.4, -0.2) is 47.2 Å². The molecule has 1 atom stereocenters. The van der Waals surface area contributed by atoms with Crippen molar-refractivity contribution in [2.75, 3.05) is 13.2 Å². The summed E-state index contributed by atoms with van der Waals surface area (Å²) >= 11 is 0. The van der Waals surface area contributed by atoms with Crippen LogP contribution in [-0.2, 0) is 9.53 Å². The van der Waals surface area contributed by atoms with Gasteiger partial charge in [0, 0.05) is 12.5 Å². The molecular weight excluding hydrogens is 342 g/mol. The van der Waals surface area contributed by atoms with Crippen molar-refractivity contribution >= 4 is 12.4 Å². The monoisotopic (exact) mass is 367 g/mol. The Morgan fingerprint density at radius 2 is 1.63 bits per heavy atom. The van der Waals surface area contributed by atoms with E-state index in [9.17, 15) is 14.7 Å². The number of ether oxygens (including phenoxy) is 1. The molecule has 5 heteroatoms. The van der Waals surface area contributed by atoms with Crippen LogP contribution in [0.4, 0.5) is 4.79 Å². The molecule has 0 bridgehead atoms. The van der Waals surface area contributed by atoms with Crippen LogP contribution in [0.15, 0.2) is 48.5 Å². The molecule has 1 aliphatic carbocycles. The second-order valence-electron chi connectivity index (χ2n) is 7.79. The minimum atomic E-state index is -1.12. The van der Waals surface area contributed by atoms with Gasteiger partial charge in [-0.15, -0.1) is 0 Å². The van der Waals surface area contributed by atoms with Crippen LogP contribution in [0.5, 0.6) is 0 Å². The van der Waals surface area contributed by atoms with Crippen molar-refractivity contribution < 1.29 is 19.4 Å². The number of carboxylic acid groups (broad SMARTS) is 1. The van der Waals surface area contributed by atoms with Crippen molar-refractivity contribution in [1.82, 2.24) is 4.90 Å². The Hall–Kier alpha value is -2.66. The van der Waals surface area contributed by atoms with E-state index in [2.05, 4.69) is 12.1 Å². The molecule has 0 unspecified atom stereocenters. The summed E-state index contributed by atoms with van der Waals surface area (Å²) in [6.45, 7) is 5.88. The number of aldehydes is 1. The molecule has 2 aromatic rings. The molecule has 5 nitrogen and oxygen atoms in total. The molecular formula is C22H25NO4. The first-order chi connectivity index (χ1) is 12.8. The number of amides is 1. The lowest BCUT2D eigenvalue weighted by Crippen LogP contribution is -2.46. The third-order valence-electron chi connectivity index (χ3n) is 4.83. The fourth-order valence-corrected chi connectivity index (χ4v) is 3.55. The Morgan fingerprint density at radius 1 is 1.11 bits per heavy atom. The summed E-state index contributed by atoms with van der Waals surface area (Å²) in [4.78, 5) is 24.8. The summed E-state index contributed by atoms with van der Waals surface area (Å²) in [6.07, 6.45) is -0.460. The number of fused-ring (bicyclic) bond motifs is 3. The van der Waals surface area contributed by atoms with Crippen LogP contribution in [0.25, 0.3) is 11.1 Å². The maximum Gasteiger partial charge on any atom is 0.408 e. The highest BCUT2D eigenvalue weighted by molar-refractivity contribution is 5.79. The number of rotatable bonds is 6. The number of hydrogen-bond donors (Lipinski definition) is 1. The van der Waals surface area contributed by atoms with E-state index < -0.39 is 17.7 Å². The predicted molar refractivity (Wildman–Crippen MR) is 104 cm³/mol. The molecule has 142 valence electrons. The van der Waals surface area contributed by atoms with Crippen LogP contribution in [0.3, 0.4) is 0 Å². The summed E-state index contributed by atoms with van der Waals surface area (Å²) < 4.78 is 5.68. The first kappa shape index (κ1) is 19.1. The highest BCUT2D eigenvalue weighted by atomic mass is 16.5. The van der Waals surface area contributed by atoms with Gasteiger partial charge in [-0.05, 0) is 43.0 Å². The van der Waals surface area contributed by atoms with Crippen LogP contribution in [0, 0.1) is 0 Å². The van der Waals surface area contributed by atoms with E-state index in [1.165, 1.54) is 4.90 Å². The molecule has 0 aliphatic heterocycles. The van der Waals surface area contributed by atoms with Gasteiger partial charge in [0.1, 0.15) is 12.3 Å². The Kier molecular flexibility index (Phi) is 5.33. The van der Waals surface area contributed by atoms with Gasteiger partial charge in [-0.2, -0.15) is 0 Å². The molecule has 0 spiro atoms. The first-order valence-corrected chi connectivity index (χ1v) is 9.09. The minimum Gasteiger partial charge on any atom is -0.465 e. The van der Waals surface area contributed by atoms with Crippen molar-refractivity contribution in [3.8, 4) is 11.1 Å². The van der Waals surface area contributed by atoms with Crippen molar-refractivity contribution in [2.45, 2.75) is 38.3 Å². The Labute approximate surface area is 159 Å². The standard InChI is InChI=1S/C22H25NO4/c1-22(2,3)27-14-15(13-24)23(21(25)26)12-20-18-10-6-4-8-16(18)17-9-5-7-11-19(17)20/h4-11,13,15,20H,12,14H2,1-3H3,(H,25,26)/t15-/m1/s1. The smallest absolute Gasteiger partial charge is 0.408 e. The largest absolute Gasteiger partial charge is 0.465 e. The lowest BCUT2D eigenvalue weighted by Gasteiger charge is -2.31. The third kappa shape index (κ3) is 4.03. The van der Waals surface area contributed by atoms with Crippen LogP contribution < -0.4 is 0 Å². The molecule has 0 saturated carbocycles. The summed E-state index contributed by atoms with van der Waals surface area (Å²) in [6, 6.07) is 15.2. The maximum absolute atomic E-state index is 11.9. The number of benzene rings is 2. The van der Waals surface area contributed by atoms with Gasteiger partial charge in [0.2, 0.25) is 0 Å². The van der Waals surface area contributed by atoms with Crippen molar-refractivity contribution in [1.29, 1.82) is 0 Å². The zero-order valence-corrected chi connectivity index (χ0v) is 15.9. The van der Waals surface area contributed by atoms with E-state index in [1.807, 2.05) is 57.2 Å². The number of carbonyl (C=O) groups is 2. The van der Waals surface area contributed by atoms with E-state index in [4.69, 9.17) is 4.74 Å². The van der Waals surface area contributed by atoms with Gasteiger partial charge in [0.05, 0.1) is 12.2 Å². The van der Waals surface area contributed by atoms with E-state index in [-0.39, 0.29) is 19.1 Å². The fraction of sp³-hybridized carbons (Fsp3) is 0.364. The second-order valence-corrected chi connectivity index (χ2v) is 7.79. The molecule has 0 heterocycles. The molecule has 0 saturated heterocycles. The van der Waals surface area contributed by atoms with Crippen molar-refractivity contribution in [3.05, 3.63) is 59.7 Å². The van der Waals surface area contributed by atoms with E-state index in [0.717, 1.165) is 22.3 Å². The van der Waals surface area contributed by atoms with Crippen LogP contribution >= 0.6 is 0 Å². The summed E-state index contributed by atoms with van der Waals surface area (Å²) in [7, 11) is 0. The fourth-order valence-electron chi connectivity index (χ4n) is 3.55. The van der Waals surface area contributed by atoms with E-state index in [1.54, 1.807) is 0 Å². The minimum absolute atomic E-state index is 0.0370. The van der Waals surface area contributed by atoms with Gasteiger partial charge in [-0.3, -0.25) is 4.90 Å². The van der Waals surface area contributed by atoms with E-state index >= 15 is 0 Å². The number of nitrogens with zero attached hydrogens (tertiary/aromatic N) is 1. The lowest BCUT2D eigenvalue weighted by atomic mass is 9.96. The van der Waals surface area contributed by atoms with Gasteiger partial charge >= 0.3 is 6.09 Å². The van der Waals surface area contributed by atoms with Gasteiger partial charge in [0.25, 0.3) is 0 Å².